The van der Waals surface area contributed by atoms with Gasteiger partial charge in [-0.3, -0.25) is 0 Å². The maximum Gasteiger partial charge on any atom is 0.124 e. The highest BCUT2D eigenvalue weighted by Crippen LogP contribution is 2.04. The highest BCUT2D eigenvalue weighted by atomic mass is 32.2. The van der Waals surface area contributed by atoms with Gasteiger partial charge in [-0.1, -0.05) is 18.2 Å². The fourth-order valence-electron chi connectivity index (χ4n) is 1.55. The first-order chi connectivity index (χ1) is 7.50. The second kappa shape index (κ2) is 5.98. The molecule has 1 heterocycles. The summed E-state index contributed by atoms with van der Waals surface area (Å²) in [5.41, 5.74) is 0. The molecule has 1 saturated heterocycles. The third kappa shape index (κ3) is 4.74. The van der Waals surface area contributed by atoms with Crippen molar-refractivity contribution in [2.45, 2.75) is 30.7 Å². The highest BCUT2D eigenvalue weighted by molar-refractivity contribution is 7.85. The number of nitrogens with two attached hydrogens (primary N) is 1. The minimum absolute atomic E-state index is 0.185. The molecule has 0 spiro atoms. The van der Waals surface area contributed by atoms with Crippen molar-refractivity contribution in [1.29, 1.82) is 0 Å². The van der Waals surface area contributed by atoms with Crippen LogP contribution >= 0.6 is 0 Å². The van der Waals surface area contributed by atoms with E-state index in [1.165, 1.54) is 43.7 Å². The summed E-state index contributed by atoms with van der Waals surface area (Å²) in [5, 5.41) is 2.40. The van der Waals surface area contributed by atoms with Crippen LogP contribution < -0.4 is 5.32 Å². The van der Waals surface area contributed by atoms with Gasteiger partial charge in [0, 0.05) is 12.8 Å². The van der Waals surface area contributed by atoms with Crippen molar-refractivity contribution in [3.8, 4) is 0 Å². The first kappa shape index (κ1) is 13.2. The van der Waals surface area contributed by atoms with Gasteiger partial charge < -0.3 is 9.87 Å². The average Bonchev–Trinajstić information content (AvgIpc) is 2.70. The molecule has 5 heteroatoms. The van der Waals surface area contributed by atoms with Crippen molar-refractivity contribution < 1.29 is 18.3 Å². The summed E-state index contributed by atoms with van der Waals surface area (Å²) in [5.74, 6) is 0. The smallest absolute Gasteiger partial charge is 0.124 e. The largest absolute Gasteiger partial charge is 0.744 e. The molecule has 1 fully saturated rings. The van der Waals surface area contributed by atoms with E-state index in [0.29, 0.717) is 0 Å². The van der Waals surface area contributed by atoms with Gasteiger partial charge >= 0.3 is 0 Å². The molecule has 0 saturated carbocycles. The highest BCUT2D eigenvalue weighted by Gasteiger charge is 2.10. The van der Waals surface area contributed by atoms with Gasteiger partial charge in [0.25, 0.3) is 0 Å². The Morgan fingerprint density at radius 3 is 2.19 bits per heavy atom. The molecule has 1 aliphatic rings. The molecule has 4 nitrogen and oxygen atoms in total. The van der Waals surface area contributed by atoms with Crippen LogP contribution in [0.3, 0.4) is 0 Å². The van der Waals surface area contributed by atoms with Gasteiger partial charge in [0.1, 0.15) is 10.1 Å². The fourth-order valence-corrected chi connectivity index (χ4v) is 2.04. The molecule has 16 heavy (non-hydrogen) atoms. The second-order valence-corrected chi connectivity index (χ2v) is 5.29. The van der Waals surface area contributed by atoms with Crippen molar-refractivity contribution in [3.05, 3.63) is 30.3 Å². The molecule has 0 radical (unpaired) electrons. The molecule has 1 aromatic rings. The predicted molar refractivity (Wildman–Crippen MR) is 59.9 cm³/mol. The molecule has 0 aromatic heterocycles. The summed E-state index contributed by atoms with van der Waals surface area (Å²) in [6, 6.07) is 8.11. The molecule has 1 aliphatic heterocycles. The van der Waals surface area contributed by atoms with Crippen LogP contribution in [0.25, 0.3) is 0 Å². The Balaban J connectivity index is 0.000000181. The molecule has 0 bridgehead atoms. The lowest BCUT2D eigenvalue weighted by Crippen LogP contribution is -2.85. The number of rotatable bonds is 1. The summed E-state index contributed by atoms with van der Waals surface area (Å²) in [4.78, 5) is -0.185. The molecular formula is C11H17NO3S. The summed E-state index contributed by atoms with van der Waals surface area (Å²) in [6.45, 7) is 3.65. The zero-order valence-corrected chi connectivity index (χ0v) is 10.1. The molecule has 0 amide bonds. The van der Waals surface area contributed by atoms with E-state index in [-0.39, 0.29) is 4.90 Å². The Morgan fingerprint density at radius 1 is 1.31 bits per heavy atom. The molecule has 0 unspecified atom stereocenters. The lowest BCUT2D eigenvalue weighted by atomic mass is 10.3. The van der Waals surface area contributed by atoms with Gasteiger partial charge in [-0.05, 0) is 19.1 Å². The lowest BCUT2D eigenvalue weighted by molar-refractivity contribution is -0.666. The van der Waals surface area contributed by atoms with E-state index in [9.17, 15) is 13.0 Å². The molecule has 1 aromatic carbocycles. The minimum Gasteiger partial charge on any atom is -0.744 e. The number of hydrogen-bond acceptors (Lipinski definition) is 3. The third-order valence-corrected chi connectivity index (χ3v) is 3.31. The van der Waals surface area contributed by atoms with Crippen LogP contribution in [-0.4, -0.2) is 25.6 Å². The molecule has 90 valence electrons. The topological polar surface area (TPSA) is 73.8 Å². The third-order valence-electron chi connectivity index (χ3n) is 2.46. The van der Waals surface area contributed by atoms with Crippen LogP contribution in [0.15, 0.2) is 35.2 Å². The van der Waals surface area contributed by atoms with Crippen molar-refractivity contribution in [2.24, 2.45) is 0 Å². The van der Waals surface area contributed by atoms with E-state index in [1.807, 2.05) is 0 Å². The van der Waals surface area contributed by atoms with Crippen LogP contribution in [0.1, 0.15) is 19.8 Å². The normalized spacial score (nSPS) is 20.0. The van der Waals surface area contributed by atoms with Crippen LogP contribution in [0, 0.1) is 0 Å². The van der Waals surface area contributed by atoms with Crippen LogP contribution in [-0.2, 0) is 10.1 Å². The number of hydrogen-bond donors (Lipinski definition) is 1. The summed E-state index contributed by atoms with van der Waals surface area (Å²) < 4.78 is 30.8. The van der Waals surface area contributed by atoms with Crippen molar-refractivity contribution in [3.63, 3.8) is 0 Å². The van der Waals surface area contributed by atoms with E-state index >= 15 is 0 Å². The van der Waals surface area contributed by atoms with Crippen LogP contribution in [0.4, 0.5) is 0 Å². The van der Waals surface area contributed by atoms with Gasteiger partial charge in [-0.25, -0.2) is 8.42 Å². The quantitative estimate of drug-likeness (QED) is 0.722. The molecule has 1 atom stereocenters. The zero-order chi connectivity index (χ0) is 12.0. The Morgan fingerprint density at radius 2 is 1.94 bits per heavy atom. The summed E-state index contributed by atoms with van der Waals surface area (Å²) >= 11 is 0. The van der Waals surface area contributed by atoms with Gasteiger partial charge in [-0.15, -0.1) is 0 Å². The SMILES string of the molecule is C[C@@H]1CCC[NH2+]1.O=S(=O)([O-])c1ccccc1. The summed E-state index contributed by atoms with van der Waals surface area (Å²) in [7, 11) is -4.25. The van der Waals surface area contributed by atoms with Gasteiger partial charge in [0.15, 0.2) is 0 Å². The van der Waals surface area contributed by atoms with Gasteiger partial charge in [0.2, 0.25) is 0 Å². The Labute approximate surface area is 96.4 Å². The zero-order valence-electron chi connectivity index (χ0n) is 9.30. The van der Waals surface area contributed by atoms with Crippen LogP contribution in [0.2, 0.25) is 0 Å². The first-order valence-electron chi connectivity index (χ1n) is 5.34. The number of benzene rings is 1. The Hall–Kier alpha value is -0.910. The maximum absolute atomic E-state index is 10.3. The second-order valence-electron chi connectivity index (χ2n) is 3.91. The average molecular weight is 243 g/mol. The standard InChI is InChI=1S/C6H6O3S.C5H11N/c7-10(8,9)6-4-2-1-3-5-6;1-5-3-2-4-6-5/h1-5H,(H,7,8,9);5-6H,2-4H2,1H3/t;5-/m.1/s1. The predicted octanol–water partition coefficient (Wildman–Crippen LogP) is 0.323. The number of quaternary nitrogens is 1. The fraction of sp³-hybridized carbons (Fsp3) is 0.455. The van der Waals surface area contributed by atoms with E-state index in [4.69, 9.17) is 0 Å². The van der Waals surface area contributed by atoms with Crippen molar-refractivity contribution in [2.75, 3.05) is 6.54 Å². The van der Waals surface area contributed by atoms with E-state index in [0.717, 1.165) is 6.04 Å². The lowest BCUT2D eigenvalue weighted by Gasteiger charge is -2.04. The van der Waals surface area contributed by atoms with Gasteiger partial charge in [0.05, 0.1) is 17.5 Å². The van der Waals surface area contributed by atoms with E-state index < -0.39 is 10.1 Å². The molecule has 0 aliphatic carbocycles. The van der Waals surface area contributed by atoms with Crippen molar-refractivity contribution >= 4 is 10.1 Å². The first-order valence-corrected chi connectivity index (χ1v) is 6.75. The van der Waals surface area contributed by atoms with Crippen LogP contribution in [0.5, 0.6) is 0 Å². The monoisotopic (exact) mass is 243 g/mol. The van der Waals surface area contributed by atoms with Crippen molar-refractivity contribution in [1.82, 2.24) is 0 Å². The minimum atomic E-state index is -4.25. The molecular weight excluding hydrogens is 226 g/mol. The summed E-state index contributed by atoms with van der Waals surface area (Å²) in [6.07, 6.45) is 2.86. The molecule has 2 rings (SSSR count). The molecule has 2 N–H and O–H groups in total. The van der Waals surface area contributed by atoms with E-state index in [2.05, 4.69) is 12.2 Å². The maximum atomic E-state index is 10.3. The van der Waals surface area contributed by atoms with Gasteiger partial charge in [-0.2, -0.15) is 0 Å². The Kier molecular flexibility index (Phi) is 4.92. The van der Waals surface area contributed by atoms with E-state index in [1.54, 1.807) is 6.07 Å². The Bertz CT molecular complexity index is 396.